The molecule has 0 aliphatic heterocycles. The maximum absolute atomic E-state index is 13.3. The molecule has 1 unspecified atom stereocenters. The van der Waals surface area contributed by atoms with Crippen LogP contribution in [-0.4, -0.2) is 6.04 Å². The van der Waals surface area contributed by atoms with Gasteiger partial charge in [0.25, 0.3) is 0 Å². The number of rotatable bonds is 6. The Balaban J connectivity index is 1.96. The molecule has 2 aromatic carbocycles. The van der Waals surface area contributed by atoms with Gasteiger partial charge in [-0.25, -0.2) is 4.39 Å². The van der Waals surface area contributed by atoms with Crippen LogP contribution in [-0.2, 0) is 12.8 Å². The molecule has 2 aromatic rings. The van der Waals surface area contributed by atoms with Crippen molar-refractivity contribution in [1.82, 2.24) is 5.43 Å². The first-order chi connectivity index (χ1) is 10.1. The zero-order chi connectivity index (χ0) is 15.2. The molecule has 3 N–H and O–H groups in total. The van der Waals surface area contributed by atoms with Gasteiger partial charge in [-0.2, -0.15) is 0 Å². The fraction of sp³-hybridized carbons (Fsp3) is 0.333. The highest BCUT2D eigenvalue weighted by molar-refractivity contribution is 5.27. The molecule has 2 rings (SSSR count). The van der Waals surface area contributed by atoms with E-state index in [9.17, 15) is 4.39 Å². The van der Waals surface area contributed by atoms with Crippen LogP contribution in [0.15, 0.2) is 42.5 Å². The molecular weight excluding hydrogens is 263 g/mol. The molecule has 1 atom stereocenters. The Morgan fingerprint density at radius 3 is 2.48 bits per heavy atom. The van der Waals surface area contributed by atoms with Gasteiger partial charge in [0.15, 0.2) is 0 Å². The summed E-state index contributed by atoms with van der Waals surface area (Å²) in [6, 6.07) is 13.6. The summed E-state index contributed by atoms with van der Waals surface area (Å²) < 4.78 is 13.3. The van der Waals surface area contributed by atoms with Crippen LogP contribution >= 0.6 is 0 Å². The maximum atomic E-state index is 13.3. The summed E-state index contributed by atoms with van der Waals surface area (Å²) in [6.45, 7) is 4.09. The number of aryl methyl sites for hydroxylation is 3. The Hall–Kier alpha value is -1.71. The molecule has 21 heavy (non-hydrogen) atoms. The Labute approximate surface area is 126 Å². The SMILES string of the molecule is Cc1ccc(CCC(Cc2cc(F)ccc2C)NN)cc1. The van der Waals surface area contributed by atoms with Crippen molar-refractivity contribution in [3.8, 4) is 0 Å². The van der Waals surface area contributed by atoms with E-state index >= 15 is 0 Å². The Morgan fingerprint density at radius 1 is 1.10 bits per heavy atom. The van der Waals surface area contributed by atoms with Gasteiger partial charge < -0.3 is 0 Å². The van der Waals surface area contributed by atoms with Crippen LogP contribution in [0.4, 0.5) is 4.39 Å². The van der Waals surface area contributed by atoms with Crippen LogP contribution in [0.25, 0.3) is 0 Å². The van der Waals surface area contributed by atoms with Crippen molar-refractivity contribution in [2.75, 3.05) is 0 Å². The summed E-state index contributed by atoms with van der Waals surface area (Å²) in [5.74, 6) is 5.46. The van der Waals surface area contributed by atoms with Gasteiger partial charge in [0.2, 0.25) is 0 Å². The van der Waals surface area contributed by atoms with E-state index in [0.717, 1.165) is 30.4 Å². The van der Waals surface area contributed by atoms with E-state index in [1.54, 1.807) is 6.07 Å². The highest BCUT2D eigenvalue weighted by Gasteiger charge is 2.10. The lowest BCUT2D eigenvalue weighted by molar-refractivity contribution is 0.489. The lowest BCUT2D eigenvalue weighted by Gasteiger charge is -2.17. The number of nitrogens with two attached hydrogens (primary N) is 1. The van der Waals surface area contributed by atoms with Crippen molar-refractivity contribution >= 4 is 0 Å². The fourth-order valence-electron chi connectivity index (χ4n) is 2.47. The summed E-state index contributed by atoms with van der Waals surface area (Å²) in [5, 5.41) is 0. The van der Waals surface area contributed by atoms with Crippen LogP contribution in [0, 0.1) is 19.7 Å². The molecule has 0 spiro atoms. The van der Waals surface area contributed by atoms with Gasteiger partial charge in [-0.3, -0.25) is 11.3 Å². The Kier molecular flexibility index (Phi) is 5.48. The predicted molar refractivity (Wildman–Crippen MR) is 85.5 cm³/mol. The zero-order valence-corrected chi connectivity index (χ0v) is 12.7. The van der Waals surface area contributed by atoms with Crippen molar-refractivity contribution in [2.45, 2.75) is 39.2 Å². The molecule has 2 nitrogen and oxygen atoms in total. The molecule has 0 fully saturated rings. The van der Waals surface area contributed by atoms with E-state index in [0.29, 0.717) is 0 Å². The first kappa shape index (κ1) is 15.7. The molecule has 0 radical (unpaired) electrons. The van der Waals surface area contributed by atoms with Crippen molar-refractivity contribution in [3.05, 3.63) is 70.5 Å². The van der Waals surface area contributed by atoms with Crippen LogP contribution in [0.1, 0.15) is 28.7 Å². The summed E-state index contributed by atoms with van der Waals surface area (Å²) in [6.07, 6.45) is 2.63. The highest BCUT2D eigenvalue weighted by Crippen LogP contribution is 2.15. The number of hydrazine groups is 1. The number of hydrogen-bond acceptors (Lipinski definition) is 2. The second-order valence-electron chi connectivity index (χ2n) is 5.66. The third-order valence-electron chi connectivity index (χ3n) is 3.92. The van der Waals surface area contributed by atoms with E-state index in [4.69, 9.17) is 5.84 Å². The van der Waals surface area contributed by atoms with Crippen molar-refractivity contribution in [2.24, 2.45) is 5.84 Å². The Bertz CT molecular complexity index is 578. The summed E-state index contributed by atoms with van der Waals surface area (Å²) in [7, 11) is 0. The molecule has 0 saturated carbocycles. The van der Waals surface area contributed by atoms with Gasteiger partial charge in [-0.1, -0.05) is 35.9 Å². The average molecular weight is 286 g/mol. The third kappa shape index (κ3) is 4.66. The quantitative estimate of drug-likeness (QED) is 0.630. The van der Waals surface area contributed by atoms with E-state index in [2.05, 4.69) is 36.6 Å². The van der Waals surface area contributed by atoms with Gasteiger partial charge in [0.05, 0.1) is 0 Å². The van der Waals surface area contributed by atoms with Gasteiger partial charge in [-0.05, 0) is 61.9 Å². The van der Waals surface area contributed by atoms with Crippen LogP contribution in [0.5, 0.6) is 0 Å². The lowest BCUT2D eigenvalue weighted by Crippen LogP contribution is -2.37. The minimum Gasteiger partial charge on any atom is -0.271 e. The monoisotopic (exact) mass is 286 g/mol. The van der Waals surface area contributed by atoms with Crippen molar-refractivity contribution in [3.63, 3.8) is 0 Å². The van der Waals surface area contributed by atoms with Gasteiger partial charge in [-0.15, -0.1) is 0 Å². The van der Waals surface area contributed by atoms with Crippen LogP contribution < -0.4 is 11.3 Å². The zero-order valence-electron chi connectivity index (χ0n) is 12.7. The molecule has 112 valence electrons. The van der Waals surface area contributed by atoms with Gasteiger partial charge in [0.1, 0.15) is 5.82 Å². The van der Waals surface area contributed by atoms with Gasteiger partial charge in [0, 0.05) is 6.04 Å². The molecule has 0 heterocycles. The van der Waals surface area contributed by atoms with E-state index in [1.807, 2.05) is 13.0 Å². The fourth-order valence-corrected chi connectivity index (χ4v) is 2.47. The largest absolute Gasteiger partial charge is 0.271 e. The normalized spacial score (nSPS) is 12.4. The molecule has 0 amide bonds. The molecule has 0 bridgehead atoms. The topological polar surface area (TPSA) is 38.0 Å². The van der Waals surface area contributed by atoms with Crippen molar-refractivity contribution in [1.29, 1.82) is 0 Å². The number of halogens is 1. The number of hydrogen-bond donors (Lipinski definition) is 2. The minimum atomic E-state index is -0.190. The molecule has 0 aromatic heterocycles. The highest BCUT2D eigenvalue weighted by atomic mass is 19.1. The number of benzene rings is 2. The summed E-state index contributed by atoms with van der Waals surface area (Å²) >= 11 is 0. The first-order valence-corrected chi connectivity index (χ1v) is 7.35. The molecular formula is C18H23FN2. The smallest absolute Gasteiger partial charge is 0.123 e. The third-order valence-corrected chi connectivity index (χ3v) is 3.92. The average Bonchev–Trinajstić information content (AvgIpc) is 2.48. The van der Waals surface area contributed by atoms with Crippen LogP contribution in [0.2, 0.25) is 0 Å². The van der Waals surface area contributed by atoms with Gasteiger partial charge >= 0.3 is 0 Å². The molecule has 0 aliphatic rings. The molecule has 0 saturated heterocycles. The summed E-state index contributed by atoms with van der Waals surface area (Å²) in [4.78, 5) is 0. The van der Waals surface area contributed by atoms with Crippen LogP contribution in [0.3, 0.4) is 0 Å². The minimum absolute atomic E-state index is 0.145. The van der Waals surface area contributed by atoms with E-state index < -0.39 is 0 Å². The summed E-state index contributed by atoms with van der Waals surface area (Å²) in [5.41, 5.74) is 7.54. The van der Waals surface area contributed by atoms with Crippen molar-refractivity contribution < 1.29 is 4.39 Å². The number of nitrogens with one attached hydrogen (secondary N) is 1. The second-order valence-corrected chi connectivity index (χ2v) is 5.66. The lowest BCUT2D eigenvalue weighted by atomic mass is 9.96. The first-order valence-electron chi connectivity index (χ1n) is 7.35. The maximum Gasteiger partial charge on any atom is 0.123 e. The van der Waals surface area contributed by atoms with E-state index in [-0.39, 0.29) is 11.9 Å². The second kappa shape index (κ2) is 7.34. The molecule has 0 aliphatic carbocycles. The predicted octanol–water partition coefficient (Wildman–Crippen LogP) is 3.45. The Morgan fingerprint density at radius 2 is 1.81 bits per heavy atom. The standard InChI is InChI=1S/C18H23FN2/c1-13-3-6-15(7-4-13)8-10-18(21-20)12-16-11-17(19)9-5-14(16)2/h3-7,9,11,18,21H,8,10,12,20H2,1-2H3. The molecule has 3 heteroatoms. The van der Waals surface area contributed by atoms with E-state index in [1.165, 1.54) is 17.2 Å².